The van der Waals surface area contributed by atoms with Crippen molar-refractivity contribution >= 4 is 27.8 Å². The molecule has 1 amide bonds. The summed E-state index contributed by atoms with van der Waals surface area (Å²) in [7, 11) is 3.56. The van der Waals surface area contributed by atoms with Gasteiger partial charge in [-0.15, -0.1) is 0 Å². The van der Waals surface area contributed by atoms with Gasteiger partial charge in [0.2, 0.25) is 11.9 Å². The van der Waals surface area contributed by atoms with Crippen LogP contribution in [0.1, 0.15) is 0 Å². The molecule has 0 N–H and O–H groups in total. The van der Waals surface area contributed by atoms with Crippen LogP contribution in [0.4, 0.5) is 5.95 Å². The van der Waals surface area contributed by atoms with Crippen molar-refractivity contribution in [3.8, 4) is 0 Å². The van der Waals surface area contributed by atoms with E-state index >= 15 is 0 Å². The lowest BCUT2D eigenvalue weighted by Gasteiger charge is -2.39. The predicted molar refractivity (Wildman–Crippen MR) is 64.1 cm³/mol. The van der Waals surface area contributed by atoms with Gasteiger partial charge in [-0.2, -0.15) is 0 Å². The van der Waals surface area contributed by atoms with Gasteiger partial charge in [0.25, 0.3) is 0 Å². The van der Waals surface area contributed by atoms with Crippen molar-refractivity contribution in [2.45, 2.75) is 0 Å². The Morgan fingerprint density at radius 1 is 1.44 bits per heavy atom. The number of rotatable bonds is 2. The van der Waals surface area contributed by atoms with Crippen LogP contribution in [0.3, 0.4) is 0 Å². The summed E-state index contributed by atoms with van der Waals surface area (Å²) < 4.78 is 0.859. The highest BCUT2D eigenvalue weighted by molar-refractivity contribution is 9.10. The van der Waals surface area contributed by atoms with Gasteiger partial charge in [0.15, 0.2) is 0 Å². The van der Waals surface area contributed by atoms with E-state index in [4.69, 9.17) is 0 Å². The molecule has 0 bridgehead atoms. The smallest absolute Gasteiger partial charge is 0.228 e. The molecule has 0 atom stereocenters. The van der Waals surface area contributed by atoms with Crippen LogP contribution in [0.15, 0.2) is 16.9 Å². The van der Waals surface area contributed by atoms with Crippen molar-refractivity contribution in [2.24, 2.45) is 5.92 Å². The summed E-state index contributed by atoms with van der Waals surface area (Å²) in [6.45, 7) is 1.41. The lowest BCUT2D eigenvalue weighted by Crippen LogP contribution is -2.54. The SMILES string of the molecule is CN(C)C(=O)C1CN(c2ncc(Br)cn2)C1. The predicted octanol–water partition coefficient (Wildman–Crippen LogP) is 0.763. The third-order valence-corrected chi connectivity index (χ3v) is 2.97. The van der Waals surface area contributed by atoms with Crippen molar-refractivity contribution in [3.63, 3.8) is 0 Å². The minimum Gasteiger partial charge on any atom is -0.348 e. The number of carbonyl (C=O) groups is 1. The van der Waals surface area contributed by atoms with Crippen LogP contribution in [-0.2, 0) is 4.79 Å². The summed E-state index contributed by atoms with van der Waals surface area (Å²) in [5, 5.41) is 0. The van der Waals surface area contributed by atoms with Crippen molar-refractivity contribution in [2.75, 3.05) is 32.1 Å². The summed E-state index contributed by atoms with van der Waals surface area (Å²) in [4.78, 5) is 23.6. The van der Waals surface area contributed by atoms with E-state index in [0.717, 1.165) is 4.47 Å². The van der Waals surface area contributed by atoms with Gasteiger partial charge < -0.3 is 9.80 Å². The van der Waals surface area contributed by atoms with E-state index < -0.39 is 0 Å². The Kier molecular flexibility index (Phi) is 3.09. The zero-order chi connectivity index (χ0) is 11.7. The molecule has 1 aliphatic heterocycles. The average molecular weight is 285 g/mol. The first kappa shape index (κ1) is 11.3. The molecule has 0 spiro atoms. The van der Waals surface area contributed by atoms with Crippen LogP contribution >= 0.6 is 15.9 Å². The molecule has 86 valence electrons. The third-order valence-electron chi connectivity index (χ3n) is 2.56. The highest BCUT2D eigenvalue weighted by Crippen LogP contribution is 2.22. The maximum absolute atomic E-state index is 11.6. The Morgan fingerprint density at radius 3 is 2.50 bits per heavy atom. The molecule has 0 unspecified atom stereocenters. The molecule has 0 aromatic carbocycles. The standard InChI is InChI=1S/C10H13BrN4O/c1-14(2)9(16)7-5-15(6-7)10-12-3-8(11)4-13-10/h3-4,7H,5-6H2,1-2H3. The number of aromatic nitrogens is 2. The quantitative estimate of drug-likeness (QED) is 0.805. The van der Waals surface area contributed by atoms with Crippen molar-refractivity contribution in [3.05, 3.63) is 16.9 Å². The van der Waals surface area contributed by atoms with E-state index in [1.54, 1.807) is 31.4 Å². The first-order valence-electron chi connectivity index (χ1n) is 5.01. The molecular weight excluding hydrogens is 272 g/mol. The Balaban J connectivity index is 1.93. The summed E-state index contributed by atoms with van der Waals surface area (Å²) in [6, 6.07) is 0. The lowest BCUT2D eigenvalue weighted by molar-refractivity contribution is -0.133. The second-order valence-electron chi connectivity index (χ2n) is 4.04. The average Bonchev–Trinajstić information content (AvgIpc) is 2.18. The molecular formula is C10H13BrN4O. The van der Waals surface area contributed by atoms with Crippen LogP contribution < -0.4 is 4.90 Å². The van der Waals surface area contributed by atoms with Gasteiger partial charge >= 0.3 is 0 Å². The first-order valence-corrected chi connectivity index (χ1v) is 5.81. The number of halogens is 1. The fourth-order valence-electron chi connectivity index (χ4n) is 1.63. The number of carbonyl (C=O) groups excluding carboxylic acids is 1. The van der Waals surface area contributed by atoms with Crippen LogP contribution in [-0.4, -0.2) is 48.0 Å². The van der Waals surface area contributed by atoms with Gasteiger partial charge in [-0.25, -0.2) is 9.97 Å². The third kappa shape index (κ3) is 2.16. The Hall–Kier alpha value is -1.17. The van der Waals surface area contributed by atoms with E-state index in [9.17, 15) is 4.79 Å². The molecule has 1 aliphatic rings. The van der Waals surface area contributed by atoms with Gasteiger partial charge in [-0.3, -0.25) is 4.79 Å². The Labute approximate surface area is 103 Å². The van der Waals surface area contributed by atoms with E-state index in [2.05, 4.69) is 25.9 Å². The number of anilines is 1. The molecule has 6 heteroatoms. The second kappa shape index (κ2) is 4.37. The number of amides is 1. The van der Waals surface area contributed by atoms with E-state index in [1.165, 1.54) is 0 Å². The minimum atomic E-state index is 0.0854. The van der Waals surface area contributed by atoms with Crippen molar-refractivity contribution < 1.29 is 4.79 Å². The monoisotopic (exact) mass is 284 g/mol. The van der Waals surface area contributed by atoms with Crippen LogP contribution in [0, 0.1) is 5.92 Å². The summed E-state index contributed by atoms with van der Waals surface area (Å²) in [6.07, 6.45) is 3.42. The van der Waals surface area contributed by atoms with E-state index in [1.807, 2.05) is 4.90 Å². The fourth-order valence-corrected chi connectivity index (χ4v) is 1.84. The topological polar surface area (TPSA) is 49.3 Å². The van der Waals surface area contributed by atoms with Gasteiger partial charge in [-0.05, 0) is 15.9 Å². The number of hydrogen-bond donors (Lipinski definition) is 0. The van der Waals surface area contributed by atoms with Gasteiger partial charge in [0.1, 0.15) is 0 Å². The molecule has 1 aromatic rings. The van der Waals surface area contributed by atoms with Gasteiger partial charge in [-0.1, -0.05) is 0 Å². The summed E-state index contributed by atoms with van der Waals surface area (Å²) in [5.74, 6) is 0.946. The molecule has 0 saturated carbocycles. The van der Waals surface area contributed by atoms with Gasteiger partial charge in [0.05, 0.1) is 10.4 Å². The van der Waals surface area contributed by atoms with Crippen molar-refractivity contribution in [1.29, 1.82) is 0 Å². The highest BCUT2D eigenvalue weighted by atomic mass is 79.9. The number of nitrogens with zero attached hydrogens (tertiary/aromatic N) is 4. The maximum atomic E-state index is 11.6. The largest absolute Gasteiger partial charge is 0.348 e. The molecule has 1 fully saturated rings. The zero-order valence-corrected chi connectivity index (χ0v) is 10.8. The molecule has 0 aliphatic carbocycles. The van der Waals surface area contributed by atoms with E-state index in [-0.39, 0.29) is 11.8 Å². The molecule has 5 nitrogen and oxygen atoms in total. The maximum Gasteiger partial charge on any atom is 0.228 e. The van der Waals surface area contributed by atoms with Crippen molar-refractivity contribution in [1.82, 2.24) is 14.9 Å². The fraction of sp³-hybridized carbons (Fsp3) is 0.500. The lowest BCUT2D eigenvalue weighted by atomic mass is 9.99. The summed E-state index contributed by atoms with van der Waals surface area (Å²) >= 11 is 3.28. The van der Waals surface area contributed by atoms with Gasteiger partial charge in [0, 0.05) is 39.6 Å². The van der Waals surface area contributed by atoms with Crippen LogP contribution in [0.2, 0.25) is 0 Å². The number of hydrogen-bond acceptors (Lipinski definition) is 4. The molecule has 2 heterocycles. The Bertz CT molecular complexity index is 386. The zero-order valence-electron chi connectivity index (χ0n) is 9.22. The first-order chi connectivity index (χ1) is 7.58. The summed E-state index contributed by atoms with van der Waals surface area (Å²) in [5.41, 5.74) is 0. The normalized spacial score (nSPS) is 15.8. The minimum absolute atomic E-state index is 0.0854. The Morgan fingerprint density at radius 2 is 2.00 bits per heavy atom. The molecule has 1 saturated heterocycles. The molecule has 1 aromatic heterocycles. The van der Waals surface area contributed by atoms with E-state index in [0.29, 0.717) is 19.0 Å². The molecule has 0 radical (unpaired) electrons. The molecule has 2 rings (SSSR count). The molecule has 16 heavy (non-hydrogen) atoms. The second-order valence-corrected chi connectivity index (χ2v) is 4.95. The van der Waals surface area contributed by atoms with Crippen LogP contribution in [0.25, 0.3) is 0 Å². The van der Waals surface area contributed by atoms with Crippen LogP contribution in [0.5, 0.6) is 0 Å². The highest BCUT2D eigenvalue weighted by Gasteiger charge is 2.34.